The maximum absolute atomic E-state index is 12.3. The Hall–Kier alpha value is -2.05. The fourth-order valence-corrected chi connectivity index (χ4v) is 4.26. The van der Waals surface area contributed by atoms with Gasteiger partial charge in [0.1, 0.15) is 13.2 Å². The molecule has 1 unspecified atom stereocenters. The molecule has 2 aromatic rings. The van der Waals surface area contributed by atoms with E-state index in [4.69, 9.17) is 9.47 Å². The van der Waals surface area contributed by atoms with E-state index < -0.39 is 10.0 Å². The Kier molecular flexibility index (Phi) is 5.84. The lowest BCUT2D eigenvalue weighted by Crippen LogP contribution is -2.27. The molecule has 1 aliphatic rings. The van der Waals surface area contributed by atoms with Gasteiger partial charge in [0.05, 0.1) is 5.75 Å². The number of nitrogens with one attached hydrogen (secondary N) is 1. The summed E-state index contributed by atoms with van der Waals surface area (Å²) >= 11 is 0. The van der Waals surface area contributed by atoms with E-state index in [0.717, 1.165) is 28.2 Å². The Labute approximate surface area is 155 Å². The van der Waals surface area contributed by atoms with Gasteiger partial charge in [-0.05, 0) is 48.1 Å². The van der Waals surface area contributed by atoms with Crippen LogP contribution in [-0.2, 0) is 15.8 Å². The first-order valence-corrected chi connectivity index (χ1v) is 10.5. The van der Waals surface area contributed by atoms with Crippen LogP contribution < -0.4 is 14.2 Å². The van der Waals surface area contributed by atoms with Crippen LogP contribution in [0, 0.1) is 6.92 Å². The second kappa shape index (κ2) is 8.10. The number of hydrogen-bond donors (Lipinski definition) is 1. The SMILES string of the molecule is Cc1ccccc1CS(=O)(=O)NCCC(C)c1ccc2c(c1)OCCO2. The van der Waals surface area contributed by atoms with Gasteiger partial charge in [-0.1, -0.05) is 37.3 Å². The van der Waals surface area contributed by atoms with Crippen molar-refractivity contribution in [2.75, 3.05) is 19.8 Å². The Morgan fingerprint density at radius 3 is 2.58 bits per heavy atom. The monoisotopic (exact) mass is 375 g/mol. The first-order chi connectivity index (χ1) is 12.4. The van der Waals surface area contributed by atoms with Crippen LogP contribution in [0.1, 0.15) is 36.0 Å². The molecule has 26 heavy (non-hydrogen) atoms. The highest BCUT2D eigenvalue weighted by molar-refractivity contribution is 7.88. The third kappa shape index (κ3) is 4.77. The van der Waals surface area contributed by atoms with Crippen molar-refractivity contribution in [3.63, 3.8) is 0 Å². The molecule has 1 atom stereocenters. The van der Waals surface area contributed by atoms with Crippen molar-refractivity contribution in [1.29, 1.82) is 0 Å². The number of aryl methyl sites for hydroxylation is 1. The Morgan fingerprint density at radius 1 is 1.08 bits per heavy atom. The smallest absolute Gasteiger partial charge is 0.215 e. The number of sulfonamides is 1. The quantitative estimate of drug-likeness (QED) is 0.806. The number of ether oxygens (including phenoxy) is 2. The van der Waals surface area contributed by atoms with E-state index in [0.29, 0.717) is 26.2 Å². The number of benzene rings is 2. The highest BCUT2D eigenvalue weighted by Crippen LogP contribution is 2.33. The summed E-state index contributed by atoms with van der Waals surface area (Å²) in [4.78, 5) is 0. The van der Waals surface area contributed by atoms with Gasteiger partial charge in [-0.2, -0.15) is 0 Å². The lowest BCUT2D eigenvalue weighted by molar-refractivity contribution is 0.171. The molecule has 0 spiro atoms. The largest absolute Gasteiger partial charge is 0.486 e. The van der Waals surface area contributed by atoms with Gasteiger partial charge in [0, 0.05) is 6.54 Å². The molecule has 0 saturated carbocycles. The molecule has 5 nitrogen and oxygen atoms in total. The topological polar surface area (TPSA) is 64.6 Å². The fraction of sp³-hybridized carbons (Fsp3) is 0.400. The van der Waals surface area contributed by atoms with E-state index in [2.05, 4.69) is 11.6 Å². The molecular weight excluding hydrogens is 350 g/mol. The van der Waals surface area contributed by atoms with Gasteiger partial charge in [-0.25, -0.2) is 13.1 Å². The average molecular weight is 375 g/mol. The first-order valence-electron chi connectivity index (χ1n) is 8.86. The second-order valence-electron chi connectivity index (χ2n) is 6.67. The van der Waals surface area contributed by atoms with E-state index in [1.54, 1.807) is 0 Å². The molecule has 0 bridgehead atoms. The molecule has 0 aromatic heterocycles. The molecule has 0 aliphatic carbocycles. The van der Waals surface area contributed by atoms with E-state index in [1.807, 2.05) is 49.4 Å². The van der Waals surface area contributed by atoms with Crippen molar-refractivity contribution in [3.05, 3.63) is 59.2 Å². The van der Waals surface area contributed by atoms with Gasteiger partial charge in [0.25, 0.3) is 0 Å². The van der Waals surface area contributed by atoms with Crippen LogP contribution >= 0.6 is 0 Å². The zero-order valence-electron chi connectivity index (χ0n) is 15.2. The van der Waals surface area contributed by atoms with E-state index in [-0.39, 0.29) is 11.7 Å². The van der Waals surface area contributed by atoms with Crippen molar-refractivity contribution in [1.82, 2.24) is 4.72 Å². The predicted octanol–water partition coefficient (Wildman–Crippen LogP) is 3.38. The summed E-state index contributed by atoms with van der Waals surface area (Å²) in [6.45, 7) is 5.55. The molecular formula is C20H25NO4S. The van der Waals surface area contributed by atoms with E-state index in [1.165, 1.54) is 0 Å². The summed E-state index contributed by atoms with van der Waals surface area (Å²) in [5.74, 6) is 1.76. The zero-order valence-corrected chi connectivity index (χ0v) is 16.0. The summed E-state index contributed by atoms with van der Waals surface area (Å²) in [6, 6.07) is 13.5. The van der Waals surface area contributed by atoms with Gasteiger partial charge >= 0.3 is 0 Å². The van der Waals surface area contributed by atoms with Crippen LogP contribution in [0.15, 0.2) is 42.5 Å². The van der Waals surface area contributed by atoms with Crippen LogP contribution in [0.5, 0.6) is 11.5 Å². The maximum atomic E-state index is 12.3. The van der Waals surface area contributed by atoms with Gasteiger partial charge in [-0.15, -0.1) is 0 Å². The third-order valence-electron chi connectivity index (χ3n) is 4.64. The van der Waals surface area contributed by atoms with Crippen molar-refractivity contribution < 1.29 is 17.9 Å². The van der Waals surface area contributed by atoms with Crippen LogP contribution in [0.4, 0.5) is 0 Å². The normalized spacial score (nSPS) is 14.8. The number of fused-ring (bicyclic) bond motifs is 1. The zero-order chi connectivity index (χ0) is 18.6. The van der Waals surface area contributed by atoms with Crippen molar-refractivity contribution in [3.8, 4) is 11.5 Å². The van der Waals surface area contributed by atoms with Crippen molar-refractivity contribution >= 4 is 10.0 Å². The Bertz CT molecular complexity index is 864. The minimum atomic E-state index is -3.34. The Balaban J connectivity index is 1.54. The summed E-state index contributed by atoms with van der Waals surface area (Å²) in [6.07, 6.45) is 0.715. The van der Waals surface area contributed by atoms with Crippen LogP contribution in [-0.4, -0.2) is 28.2 Å². The number of rotatable bonds is 7. The molecule has 140 valence electrons. The molecule has 1 aliphatic heterocycles. The summed E-state index contributed by atoms with van der Waals surface area (Å²) in [7, 11) is -3.34. The summed E-state index contributed by atoms with van der Waals surface area (Å²) < 4.78 is 38.5. The third-order valence-corrected chi connectivity index (χ3v) is 5.98. The lowest BCUT2D eigenvalue weighted by Gasteiger charge is -2.20. The van der Waals surface area contributed by atoms with Crippen LogP contribution in [0.25, 0.3) is 0 Å². The van der Waals surface area contributed by atoms with Crippen LogP contribution in [0.3, 0.4) is 0 Å². The summed E-state index contributed by atoms with van der Waals surface area (Å²) in [5, 5.41) is 0. The number of hydrogen-bond acceptors (Lipinski definition) is 4. The predicted molar refractivity (Wildman–Crippen MR) is 102 cm³/mol. The molecule has 2 aromatic carbocycles. The highest BCUT2D eigenvalue weighted by atomic mass is 32.2. The van der Waals surface area contributed by atoms with E-state index in [9.17, 15) is 8.42 Å². The Morgan fingerprint density at radius 2 is 1.81 bits per heavy atom. The van der Waals surface area contributed by atoms with Gasteiger partial charge in [0.15, 0.2) is 11.5 Å². The van der Waals surface area contributed by atoms with Crippen LogP contribution in [0.2, 0.25) is 0 Å². The average Bonchev–Trinajstić information content (AvgIpc) is 2.63. The lowest BCUT2D eigenvalue weighted by atomic mass is 9.97. The molecule has 0 saturated heterocycles. The molecule has 1 heterocycles. The molecule has 3 rings (SSSR count). The van der Waals surface area contributed by atoms with E-state index >= 15 is 0 Å². The molecule has 1 N–H and O–H groups in total. The molecule has 0 radical (unpaired) electrons. The highest BCUT2D eigenvalue weighted by Gasteiger charge is 2.16. The minimum Gasteiger partial charge on any atom is -0.486 e. The minimum absolute atomic E-state index is 0.0120. The second-order valence-corrected chi connectivity index (χ2v) is 8.48. The molecule has 0 amide bonds. The van der Waals surface area contributed by atoms with Gasteiger partial charge < -0.3 is 9.47 Å². The fourth-order valence-electron chi connectivity index (χ4n) is 2.99. The standard InChI is InChI=1S/C20H25NO4S/c1-15-5-3-4-6-18(15)14-26(22,23)21-10-9-16(2)17-7-8-19-20(13-17)25-12-11-24-19/h3-8,13,16,21H,9-12,14H2,1-2H3. The first kappa shape index (κ1) is 18.7. The van der Waals surface area contributed by atoms with Gasteiger partial charge in [-0.3, -0.25) is 0 Å². The van der Waals surface area contributed by atoms with Crippen molar-refractivity contribution in [2.45, 2.75) is 31.9 Å². The molecule has 6 heteroatoms. The summed E-state index contributed by atoms with van der Waals surface area (Å²) in [5.41, 5.74) is 2.94. The van der Waals surface area contributed by atoms with Gasteiger partial charge in [0.2, 0.25) is 10.0 Å². The van der Waals surface area contributed by atoms with Crippen molar-refractivity contribution in [2.24, 2.45) is 0 Å². The molecule has 0 fully saturated rings. The maximum Gasteiger partial charge on any atom is 0.215 e.